The Kier molecular flexibility index (Phi) is 4.77. The zero-order valence-electron chi connectivity index (χ0n) is 10.2. The van der Waals surface area contributed by atoms with Crippen LogP contribution in [0.3, 0.4) is 0 Å². The first kappa shape index (κ1) is 12.8. The number of halogens is 1. The van der Waals surface area contributed by atoms with Gasteiger partial charge in [0.25, 0.3) is 0 Å². The molecule has 1 fully saturated rings. The maximum absolute atomic E-state index is 5.88. The summed E-state index contributed by atoms with van der Waals surface area (Å²) >= 11 is 5.88. The molecule has 1 aliphatic heterocycles. The van der Waals surface area contributed by atoms with Crippen LogP contribution in [-0.2, 0) is 11.3 Å². The van der Waals surface area contributed by atoms with Crippen molar-refractivity contribution in [2.24, 2.45) is 0 Å². The molecule has 0 atom stereocenters. The molecule has 3 nitrogen and oxygen atoms in total. The summed E-state index contributed by atoms with van der Waals surface area (Å²) in [4.78, 5) is 6.73. The van der Waals surface area contributed by atoms with Crippen LogP contribution >= 0.6 is 11.6 Å². The number of aromatic nitrogens is 1. The molecule has 0 unspecified atom stereocenters. The highest BCUT2D eigenvalue weighted by molar-refractivity contribution is 6.29. The molecule has 1 saturated heterocycles. The first-order valence-corrected chi connectivity index (χ1v) is 6.61. The lowest BCUT2D eigenvalue weighted by Gasteiger charge is -2.31. The Morgan fingerprint density at radius 1 is 1.41 bits per heavy atom. The van der Waals surface area contributed by atoms with Crippen LogP contribution < -0.4 is 0 Å². The second kappa shape index (κ2) is 6.34. The summed E-state index contributed by atoms with van der Waals surface area (Å²) in [5.74, 6) is 0. The molecule has 1 aromatic rings. The van der Waals surface area contributed by atoms with E-state index in [2.05, 4.69) is 16.8 Å². The maximum Gasteiger partial charge on any atom is 0.129 e. The highest BCUT2D eigenvalue weighted by Gasteiger charge is 2.19. The number of ether oxygens (including phenoxy) is 1. The van der Waals surface area contributed by atoms with E-state index in [9.17, 15) is 0 Å². The molecule has 1 aliphatic rings. The first-order valence-electron chi connectivity index (χ1n) is 6.23. The van der Waals surface area contributed by atoms with E-state index in [0.717, 1.165) is 44.8 Å². The number of pyridine rings is 1. The molecule has 1 aromatic heterocycles. The minimum Gasteiger partial charge on any atom is -0.378 e. The predicted molar refractivity (Wildman–Crippen MR) is 69.2 cm³/mol. The molecule has 0 aromatic carbocycles. The Balaban J connectivity index is 1.82. The third-order valence-electron chi connectivity index (χ3n) is 3.10. The van der Waals surface area contributed by atoms with E-state index in [1.54, 1.807) is 0 Å². The minimum absolute atomic E-state index is 0.448. The van der Waals surface area contributed by atoms with E-state index in [-0.39, 0.29) is 0 Å². The van der Waals surface area contributed by atoms with Crippen molar-refractivity contribution in [2.75, 3.05) is 19.7 Å². The van der Waals surface area contributed by atoms with E-state index in [1.165, 1.54) is 0 Å². The molecule has 0 N–H and O–H groups in total. The average Bonchev–Trinajstić information content (AvgIpc) is 2.32. The van der Waals surface area contributed by atoms with Crippen molar-refractivity contribution >= 4 is 11.6 Å². The van der Waals surface area contributed by atoms with Crippen LogP contribution in [-0.4, -0.2) is 35.7 Å². The van der Waals surface area contributed by atoms with Crippen LogP contribution in [0.5, 0.6) is 0 Å². The second-order valence-electron chi connectivity index (χ2n) is 4.38. The number of nitrogens with zero attached hydrogens (tertiary/aromatic N) is 2. The molecular weight excluding hydrogens is 236 g/mol. The van der Waals surface area contributed by atoms with Gasteiger partial charge in [0.15, 0.2) is 0 Å². The number of likely N-dealkylation sites (tertiary alicyclic amines) is 1. The fourth-order valence-electron chi connectivity index (χ4n) is 2.24. The van der Waals surface area contributed by atoms with E-state index < -0.39 is 0 Å². The summed E-state index contributed by atoms with van der Waals surface area (Å²) in [7, 11) is 0. The molecule has 17 heavy (non-hydrogen) atoms. The lowest BCUT2D eigenvalue weighted by molar-refractivity contribution is 0.0123. The van der Waals surface area contributed by atoms with Gasteiger partial charge in [0.2, 0.25) is 0 Å². The Bertz CT molecular complexity index is 351. The van der Waals surface area contributed by atoms with Crippen molar-refractivity contribution in [3.05, 3.63) is 29.0 Å². The van der Waals surface area contributed by atoms with Crippen LogP contribution in [0.25, 0.3) is 0 Å². The van der Waals surface area contributed by atoms with Crippen LogP contribution in [0.4, 0.5) is 0 Å². The molecule has 2 rings (SSSR count). The van der Waals surface area contributed by atoms with Crippen LogP contribution in [0, 0.1) is 0 Å². The molecule has 0 saturated carbocycles. The molecule has 0 aliphatic carbocycles. The van der Waals surface area contributed by atoms with Gasteiger partial charge in [-0.05, 0) is 31.9 Å². The maximum atomic E-state index is 5.88. The summed E-state index contributed by atoms with van der Waals surface area (Å²) in [6.45, 7) is 5.93. The van der Waals surface area contributed by atoms with Crippen LogP contribution in [0.15, 0.2) is 18.2 Å². The Morgan fingerprint density at radius 2 is 2.18 bits per heavy atom. The van der Waals surface area contributed by atoms with Crippen molar-refractivity contribution in [3.63, 3.8) is 0 Å². The van der Waals surface area contributed by atoms with Crippen LogP contribution in [0.1, 0.15) is 25.5 Å². The fraction of sp³-hybridized carbons (Fsp3) is 0.615. The van der Waals surface area contributed by atoms with E-state index in [1.807, 2.05) is 18.2 Å². The topological polar surface area (TPSA) is 25.4 Å². The second-order valence-corrected chi connectivity index (χ2v) is 4.77. The SMILES string of the molecule is CCOC1CCN(Cc2cccc(Cl)n2)CC1. The van der Waals surface area contributed by atoms with Gasteiger partial charge in [0, 0.05) is 26.2 Å². The normalized spacial score (nSPS) is 18.5. The van der Waals surface area contributed by atoms with Gasteiger partial charge in [-0.2, -0.15) is 0 Å². The molecule has 0 radical (unpaired) electrons. The quantitative estimate of drug-likeness (QED) is 0.773. The number of piperidine rings is 1. The summed E-state index contributed by atoms with van der Waals surface area (Å²) < 4.78 is 5.64. The number of hydrogen-bond acceptors (Lipinski definition) is 3. The Labute approximate surface area is 108 Å². The Hall–Kier alpha value is -0.640. The summed E-state index contributed by atoms with van der Waals surface area (Å²) in [5, 5.41) is 0.576. The molecular formula is C13H19ClN2O. The minimum atomic E-state index is 0.448. The molecule has 0 bridgehead atoms. The number of rotatable bonds is 4. The predicted octanol–water partition coefficient (Wildman–Crippen LogP) is 2.74. The van der Waals surface area contributed by atoms with Crippen molar-refractivity contribution < 1.29 is 4.74 Å². The summed E-state index contributed by atoms with van der Waals surface area (Å²) in [6.07, 6.45) is 2.69. The van der Waals surface area contributed by atoms with Gasteiger partial charge >= 0.3 is 0 Å². The highest BCUT2D eigenvalue weighted by atomic mass is 35.5. The van der Waals surface area contributed by atoms with Crippen molar-refractivity contribution in [3.8, 4) is 0 Å². The van der Waals surface area contributed by atoms with E-state index >= 15 is 0 Å². The molecule has 94 valence electrons. The summed E-state index contributed by atoms with van der Waals surface area (Å²) in [5.41, 5.74) is 1.05. The van der Waals surface area contributed by atoms with Gasteiger partial charge in [-0.25, -0.2) is 4.98 Å². The third kappa shape index (κ3) is 3.95. The highest BCUT2D eigenvalue weighted by Crippen LogP contribution is 2.16. The van der Waals surface area contributed by atoms with Gasteiger partial charge < -0.3 is 4.74 Å². The standard InChI is InChI=1S/C13H19ClN2O/c1-2-17-12-6-8-16(9-7-12)10-11-4-3-5-13(14)15-11/h3-5,12H,2,6-10H2,1H3. The lowest BCUT2D eigenvalue weighted by Crippen LogP contribution is -2.36. The molecule has 2 heterocycles. The van der Waals surface area contributed by atoms with Crippen LogP contribution in [0.2, 0.25) is 5.15 Å². The zero-order chi connectivity index (χ0) is 12.1. The average molecular weight is 255 g/mol. The summed E-state index contributed by atoms with van der Waals surface area (Å²) in [6, 6.07) is 5.80. The van der Waals surface area contributed by atoms with Crippen molar-refractivity contribution in [2.45, 2.75) is 32.4 Å². The molecule has 4 heteroatoms. The van der Waals surface area contributed by atoms with Gasteiger partial charge in [0.1, 0.15) is 5.15 Å². The fourth-order valence-corrected chi connectivity index (χ4v) is 2.42. The number of hydrogen-bond donors (Lipinski definition) is 0. The van der Waals surface area contributed by atoms with Gasteiger partial charge in [-0.1, -0.05) is 17.7 Å². The smallest absolute Gasteiger partial charge is 0.129 e. The Morgan fingerprint density at radius 3 is 2.82 bits per heavy atom. The largest absolute Gasteiger partial charge is 0.378 e. The van der Waals surface area contributed by atoms with Gasteiger partial charge in [0.05, 0.1) is 11.8 Å². The lowest BCUT2D eigenvalue weighted by atomic mass is 10.1. The monoisotopic (exact) mass is 254 g/mol. The van der Waals surface area contributed by atoms with E-state index in [4.69, 9.17) is 16.3 Å². The van der Waals surface area contributed by atoms with Crippen molar-refractivity contribution in [1.82, 2.24) is 9.88 Å². The zero-order valence-corrected chi connectivity index (χ0v) is 11.0. The van der Waals surface area contributed by atoms with Crippen molar-refractivity contribution in [1.29, 1.82) is 0 Å². The van der Waals surface area contributed by atoms with E-state index in [0.29, 0.717) is 11.3 Å². The molecule has 0 amide bonds. The first-order chi connectivity index (χ1) is 8.28. The molecule has 0 spiro atoms. The van der Waals surface area contributed by atoms with Gasteiger partial charge in [-0.15, -0.1) is 0 Å². The van der Waals surface area contributed by atoms with Gasteiger partial charge in [-0.3, -0.25) is 4.90 Å². The third-order valence-corrected chi connectivity index (χ3v) is 3.31.